The third kappa shape index (κ3) is 7.08. The Kier molecular flexibility index (Phi) is 10.4. The number of nitrogens with zero attached hydrogens (tertiary/aromatic N) is 5. The number of anilines is 1. The van der Waals surface area contributed by atoms with Crippen molar-refractivity contribution in [3.8, 4) is 23.0 Å². The van der Waals surface area contributed by atoms with Crippen LogP contribution in [0.25, 0.3) is 17.3 Å². The first-order chi connectivity index (χ1) is 19.2. The average molecular weight is 696 g/mol. The average Bonchev–Trinajstić information content (AvgIpc) is 3.74. The highest BCUT2D eigenvalue weighted by atomic mass is 127. The van der Waals surface area contributed by atoms with Crippen LogP contribution in [0, 0.1) is 0 Å². The maximum atomic E-state index is 6.09. The normalized spacial score (nSPS) is 13.7. The van der Waals surface area contributed by atoms with Crippen LogP contribution in [0.3, 0.4) is 0 Å². The van der Waals surface area contributed by atoms with Crippen molar-refractivity contribution in [2.45, 2.75) is 25.8 Å². The van der Waals surface area contributed by atoms with Crippen molar-refractivity contribution < 1.29 is 9.15 Å². The Labute approximate surface area is 255 Å². The van der Waals surface area contributed by atoms with Crippen molar-refractivity contribution in [2.24, 2.45) is 0 Å². The van der Waals surface area contributed by atoms with Gasteiger partial charge in [0.2, 0.25) is 11.8 Å². The van der Waals surface area contributed by atoms with E-state index < -0.39 is 0 Å². The molecular weight excluding hydrogens is 665 g/mol. The fraction of sp³-hybridized carbons (Fsp3) is 0.357. The monoisotopic (exact) mass is 695 g/mol. The van der Waals surface area contributed by atoms with Crippen LogP contribution in [-0.4, -0.2) is 57.9 Å². The number of methoxy groups -OCH3 is 1. The number of furan rings is 1. The molecule has 7 nitrogen and oxygen atoms in total. The number of para-hydroxylation sites is 1. The first kappa shape index (κ1) is 28.7. The van der Waals surface area contributed by atoms with Gasteiger partial charge in [0.05, 0.1) is 19.1 Å². The molecule has 0 saturated carbocycles. The molecule has 1 fully saturated rings. The predicted octanol–water partition coefficient (Wildman–Crippen LogP) is 7.57. The van der Waals surface area contributed by atoms with Crippen molar-refractivity contribution in [1.82, 2.24) is 19.7 Å². The van der Waals surface area contributed by atoms with E-state index in [9.17, 15) is 0 Å². The van der Waals surface area contributed by atoms with Gasteiger partial charge in [-0.25, -0.2) is 0 Å². The number of likely N-dealkylation sites (tertiary alicyclic amines) is 1. The zero-order valence-corrected chi connectivity index (χ0v) is 26.3. The summed E-state index contributed by atoms with van der Waals surface area (Å²) in [6.07, 6.45) is 5.07. The van der Waals surface area contributed by atoms with Gasteiger partial charge in [-0.2, -0.15) is 0 Å². The SMILES string of the molecule is COc1cccc(CN2CCCC2)c1-n1c(-c2ccco2)nnc1N(CCSI)SCCc1ccc(Cl)cc1. The summed E-state index contributed by atoms with van der Waals surface area (Å²) in [5, 5.41) is 10.2. The van der Waals surface area contributed by atoms with Gasteiger partial charge in [0.25, 0.3) is 0 Å². The van der Waals surface area contributed by atoms with Crippen LogP contribution in [0.2, 0.25) is 5.02 Å². The standard InChI is InChI=1S/C28H31ClIN5O2S2/c1-36-24-7-4-6-22(20-33-14-2-3-15-33)26(24)35-27(25-8-5-17-37-25)31-32-28(35)34(16-19-38-30)39-18-13-21-9-11-23(29)12-10-21/h4-12,17H,2-3,13-16,18-20H2,1H3. The Bertz CT molecular complexity index is 1330. The van der Waals surface area contributed by atoms with Crippen molar-refractivity contribution in [3.63, 3.8) is 0 Å². The number of benzene rings is 2. The van der Waals surface area contributed by atoms with Gasteiger partial charge >= 0.3 is 0 Å². The Morgan fingerprint density at radius 2 is 1.87 bits per heavy atom. The second kappa shape index (κ2) is 14.2. The van der Waals surface area contributed by atoms with Gasteiger partial charge in [-0.05, 0) is 107 Å². The highest BCUT2D eigenvalue weighted by molar-refractivity contribution is 14.2. The molecule has 3 heterocycles. The lowest BCUT2D eigenvalue weighted by atomic mass is 10.1. The van der Waals surface area contributed by atoms with Gasteiger partial charge in [-0.15, -0.1) is 10.2 Å². The smallest absolute Gasteiger partial charge is 0.242 e. The molecule has 0 aliphatic carbocycles. The van der Waals surface area contributed by atoms with Crippen molar-refractivity contribution in [1.29, 1.82) is 0 Å². The molecule has 0 spiro atoms. The highest BCUT2D eigenvalue weighted by Crippen LogP contribution is 2.37. The van der Waals surface area contributed by atoms with Crippen LogP contribution in [0.1, 0.15) is 24.0 Å². The summed E-state index contributed by atoms with van der Waals surface area (Å²) < 4.78 is 16.2. The summed E-state index contributed by atoms with van der Waals surface area (Å²) in [7, 11) is 3.51. The second-order valence-electron chi connectivity index (χ2n) is 9.21. The molecule has 1 aliphatic heterocycles. The molecule has 11 heteroatoms. The van der Waals surface area contributed by atoms with Crippen LogP contribution in [0.15, 0.2) is 65.3 Å². The van der Waals surface area contributed by atoms with E-state index in [0.29, 0.717) is 11.6 Å². The van der Waals surface area contributed by atoms with Crippen LogP contribution in [-0.2, 0) is 13.0 Å². The van der Waals surface area contributed by atoms with E-state index in [0.717, 1.165) is 66.5 Å². The number of hydrogen-bond acceptors (Lipinski definition) is 8. The molecule has 0 atom stereocenters. The zero-order valence-electron chi connectivity index (χ0n) is 21.8. The number of halogens is 2. The molecule has 5 rings (SSSR count). The van der Waals surface area contributed by atoms with Gasteiger partial charge in [0, 0.05) is 29.6 Å². The van der Waals surface area contributed by atoms with Crippen LogP contribution in [0.4, 0.5) is 5.95 Å². The van der Waals surface area contributed by atoms with E-state index in [4.69, 9.17) is 25.9 Å². The van der Waals surface area contributed by atoms with E-state index in [-0.39, 0.29) is 0 Å². The lowest BCUT2D eigenvalue weighted by Crippen LogP contribution is -2.24. The molecule has 1 saturated heterocycles. The van der Waals surface area contributed by atoms with Crippen LogP contribution < -0.4 is 9.04 Å². The van der Waals surface area contributed by atoms with Gasteiger partial charge in [-0.1, -0.05) is 44.8 Å². The minimum atomic E-state index is 0.660. The molecule has 0 N–H and O–H groups in total. The lowest BCUT2D eigenvalue weighted by Gasteiger charge is -2.25. The number of aromatic nitrogens is 3. The summed E-state index contributed by atoms with van der Waals surface area (Å²) in [5.41, 5.74) is 3.40. The molecule has 0 amide bonds. The molecule has 4 aromatic rings. The van der Waals surface area contributed by atoms with E-state index in [1.165, 1.54) is 24.0 Å². The molecule has 39 heavy (non-hydrogen) atoms. The third-order valence-electron chi connectivity index (χ3n) is 6.65. The Morgan fingerprint density at radius 3 is 2.59 bits per heavy atom. The minimum absolute atomic E-state index is 0.660. The molecule has 1 aliphatic rings. The molecule has 0 bridgehead atoms. The minimum Gasteiger partial charge on any atom is -0.495 e. The predicted molar refractivity (Wildman–Crippen MR) is 172 cm³/mol. The number of hydrogen-bond donors (Lipinski definition) is 0. The fourth-order valence-corrected chi connectivity index (χ4v) is 6.85. The third-order valence-corrected chi connectivity index (χ3v) is 9.61. The summed E-state index contributed by atoms with van der Waals surface area (Å²) in [6, 6.07) is 18.1. The van der Waals surface area contributed by atoms with Gasteiger partial charge in [0.15, 0.2) is 5.76 Å². The molecule has 0 radical (unpaired) electrons. The number of rotatable bonds is 13. The first-order valence-electron chi connectivity index (χ1n) is 12.9. The highest BCUT2D eigenvalue weighted by Gasteiger charge is 2.27. The summed E-state index contributed by atoms with van der Waals surface area (Å²) in [6.45, 7) is 3.87. The van der Waals surface area contributed by atoms with Crippen LogP contribution >= 0.6 is 53.7 Å². The number of ether oxygens (including phenoxy) is 1. The van der Waals surface area contributed by atoms with Crippen LogP contribution in [0.5, 0.6) is 5.75 Å². The number of aryl methyl sites for hydroxylation is 1. The Morgan fingerprint density at radius 1 is 1.05 bits per heavy atom. The second-order valence-corrected chi connectivity index (χ2v) is 13.3. The summed E-state index contributed by atoms with van der Waals surface area (Å²) in [5.74, 6) is 4.72. The molecular formula is C28H31ClIN5O2S2. The van der Waals surface area contributed by atoms with E-state index in [2.05, 4.69) is 64.3 Å². The fourth-order valence-electron chi connectivity index (χ4n) is 4.77. The van der Waals surface area contributed by atoms with Gasteiger partial charge in [-0.3, -0.25) is 13.8 Å². The first-order valence-corrected chi connectivity index (χ1v) is 17.8. The molecule has 2 aromatic carbocycles. The van der Waals surface area contributed by atoms with E-state index in [1.807, 2.05) is 30.3 Å². The van der Waals surface area contributed by atoms with Crippen molar-refractivity contribution in [2.75, 3.05) is 42.6 Å². The summed E-state index contributed by atoms with van der Waals surface area (Å²) in [4.78, 5) is 2.50. The van der Waals surface area contributed by atoms with E-state index in [1.54, 1.807) is 34.3 Å². The maximum absolute atomic E-state index is 6.09. The van der Waals surface area contributed by atoms with Crippen molar-refractivity contribution in [3.05, 3.63) is 77.0 Å². The lowest BCUT2D eigenvalue weighted by molar-refractivity contribution is 0.330. The maximum Gasteiger partial charge on any atom is 0.242 e. The molecule has 206 valence electrons. The summed E-state index contributed by atoms with van der Waals surface area (Å²) >= 11 is 10.2. The van der Waals surface area contributed by atoms with Gasteiger partial charge < -0.3 is 9.15 Å². The molecule has 2 aromatic heterocycles. The largest absolute Gasteiger partial charge is 0.495 e. The Balaban J connectivity index is 1.54. The van der Waals surface area contributed by atoms with Gasteiger partial charge in [0.1, 0.15) is 5.75 Å². The molecule has 0 unspecified atom stereocenters. The van der Waals surface area contributed by atoms with Crippen molar-refractivity contribution >= 4 is 59.6 Å². The topological polar surface area (TPSA) is 59.6 Å². The quantitative estimate of drug-likeness (QED) is 0.105. The zero-order chi connectivity index (χ0) is 27.0. The van der Waals surface area contributed by atoms with E-state index >= 15 is 0 Å². The Hall–Kier alpha value is -1.86.